The molecule has 0 aliphatic carbocycles. The minimum atomic E-state index is -1.22. The third kappa shape index (κ3) is 6.20. The molecule has 3 aromatic rings. The molecule has 0 atom stereocenters. The van der Waals surface area contributed by atoms with Crippen molar-refractivity contribution in [2.45, 2.75) is 13.0 Å². The van der Waals surface area contributed by atoms with Crippen molar-refractivity contribution >= 4 is 40.7 Å². The first-order valence-electron chi connectivity index (χ1n) is 10.6. The first kappa shape index (κ1) is 26.3. The van der Waals surface area contributed by atoms with Crippen molar-refractivity contribution in [3.63, 3.8) is 0 Å². The maximum atomic E-state index is 13.3. The van der Waals surface area contributed by atoms with E-state index in [1.807, 2.05) is 0 Å². The number of carbonyl (C=O) groups excluding carboxylic acids is 1. The normalized spacial score (nSPS) is 10.8. The molecule has 0 saturated heterocycles. The number of hydrogen-bond acceptors (Lipinski definition) is 8. The summed E-state index contributed by atoms with van der Waals surface area (Å²) < 4.78 is 5.71. The number of carboxylic acids is 1. The predicted octanol–water partition coefficient (Wildman–Crippen LogP) is 2.27. The number of benzene rings is 2. The van der Waals surface area contributed by atoms with Gasteiger partial charge in [-0.05, 0) is 35.4 Å². The lowest BCUT2D eigenvalue weighted by Crippen LogP contribution is -2.30. The van der Waals surface area contributed by atoms with Gasteiger partial charge in [0.15, 0.2) is 5.69 Å². The second kappa shape index (κ2) is 10.9. The molecular weight excluding hydrogens is 488 g/mol. The smallest absolute Gasteiger partial charge is 0.335 e. The van der Waals surface area contributed by atoms with Crippen LogP contribution in [0.1, 0.15) is 27.0 Å². The van der Waals surface area contributed by atoms with Crippen LogP contribution in [0.2, 0.25) is 5.22 Å². The SMILES string of the molecule is CN(C)Nc1c(Cl)oc(-c2cc(N)cc(C(=O)O)c2)c(CC(=O)NCc2ccc(C(=N)N)cc2)c1=O. The molecule has 1 aromatic heterocycles. The van der Waals surface area contributed by atoms with Gasteiger partial charge >= 0.3 is 5.97 Å². The molecule has 0 unspecified atom stereocenters. The number of carboxylic acid groups (broad SMARTS) is 1. The Balaban J connectivity index is 1.98. The summed E-state index contributed by atoms with van der Waals surface area (Å²) >= 11 is 6.23. The Labute approximate surface area is 211 Å². The van der Waals surface area contributed by atoms with E-state index in [1.54, 1.807) is 38.4 Å². The third-order valence-corrected chi connectivity index (χ3v) is 5.32. The minimum Gasteiger partial charge on any atom is -0.478 e. The lowest BCUT2D eigenvalue weighted by molar-refractivity contribution is -0.120. The summed E-state index contributed by atoms with van der Waals surface area (Å²) in [5.74, 6) is -1.84. The van der Waals surface area contributed by atoms with Gasteiger partial charge in [0.25, 0.3) is 0 Å². The summed E-state index contributed by atoms with van der Waals surface area (Å²) in [6, 6.07) is 10.7. The van der Waals surface area contributed by atoms with Crippen LogP contribution in [0.5, 0.6) is 0 Å². The van der Waals surface area contributed by atoms with Crippen molar-refractivity contribution in [1.82, 2.24) is 10.3 Å². The molecule has 0 bridgehead atoms. The fourth-order valence-corrected chi connectivity index (χ4v) is 3.59. The maximum absolute atomic E-state index is 13.3. The number of aromatic carboxylic acids is 1. The van der Waals surface area contributed by atoms with Crippen LogP contribution in [0, 0.1) is 5.41 Å². The zero-order chi connectivity index (χ0) is 26.6. The molecule has 0 radical (unpaired) electrons. The number of anilines is 2. The van der Waals surface area contributed by atoms with E-state index in [2.05, 4.69) is 10.7 Å². The first-order chi connectivity index (χ1) is 17.0. The van der Waals surface area contributed by atoms with E-state index in [0.717, 1.165) is 5.56 Å². The number of amides is 1. The number of hydrogen-bond donors (Lipinski definition) is 6. The van der Waals surface area contributed by atoms with E-state index in [1.165, 1.54) is 23.2 Å². The Morgan fingerprint density at radius 3 is 2.39 bits per heavy atom. The summed E-state index contributed by atoms with van der Waals surface area (Å²) in [5, 5.41) is 20.8. The number of rotatable bonds is 9. The zero-order valence-corrected chi connectivity index (χ0v) is 20.3. The molecule has 0 saturated carbocycles. The molecule has 1 heterocycles. The fourth-order valence-electron chi connectivity index (χ4n) is 3.39. The van der Waals surface area contributed by atoms with E-state index in [4.69, 9.17) is 32.9 Å². The van der Waals surface area contributed by atoms with Crippen LogP contribution in [0.4, 0.5) is 11.4 Å². The molecule has 0 spiro atoms. The number of nitrogens with zero attached hydrogens (tertiary/aromatic N) is 1. The Morgan fingerprint density at radius 2 is 1.81 bits per heavy atom. The van der Waals surface area contributed by atoms with Crippen LogP contribution in [0.3, 0.4) is 0 Å². The minimum absolute atomic E-state index is 0.0323. The van der Waals surface area contributed by atoms with Gasteiger partial charge in [0, 0.05) is 37.5 Å². The van der Waals surface area contributed by atoms with Crippen LogP contribution in [-0.4, -0.2) is 41.9 Å². The third-order valence-electron chi connectivity index (χ3n) is 5.06. The highest BCUT2D eigenvalue weighted by Crippen LogP contribution is 2.31. The van der Waals surface area contributed by atoms with Crippen LogP contribution in [0.15, 0.2) is 51.7 Å². The first-order valence-corrected chi connectivity index (χ1v) is 11.0. The molecule has 0 aliphatic rings. The van der Waals surface area contributed by atoms with Gasteiger partial charge in [-0.3, -0.25) is 15.0 Å². The highest BCUT2D eigenvalue weighted by molar-refractivity contribution is 6.31. The van der Waals surface area contributed by atoms with Gasteiger partial charge < -0.3 is 31.7 Å². The lowest BCUT2D eigenvalue weighted by Gasteiger charge is -2.17. The Morgan fingerprint density at radius 1 is 1.14 bits per heavy atom. The number of nitrogens with two attached hydrogens (primary N) is 2. The lowest BCUT2D eigenvalue weighted by atomic mass is 10.0. The number of hydrazine groups is 1. The molecule has 188 valence electrons. The number of carbonyl (C=O) groups is 2. The van der Waals surface area contributed by atoms with Crippen molar-refractivity contribution in [2.75, 3.05) is 25.3 Å². The summed E-state index contributed by atoms with van der Waals surface area (Å²) in [6.07, 6.45) is -0.375. The summed E-state index contributed by atoms with van der Waals surface area (Å²) in [6.45, 7) is 0.162. The number of halogens is 1. The van der Waals surface area contributed by atoms with E-state index in [0.29, 0.717) is 5.56 Å². The van der Waals surface area contributed by atoms with Gasteiger partial charge in [0.05, 0.1) is 17.5 Å². The molecule has 36 heavy (non-hydrogen) atoms. The quantitative estimate of drug-likeness (QED) is 0.108. The molecule has 11 nitrogen and oxygen atoms in total. The van der Waals surface area contributed by atoms with Gasteiger partial charge in [-0.2, -0.15) is 0 Å². The largest absolute Gasteiger partial charge is 0.478 e. The Hall–Kier alpha value is -4.35. The average molecular weight is 513 g/mol. The van der Waals surface area contributed by atoms with E-state index >= 15 is 0 Å². The highest BCUT2D eigenvalue weighted by atomic mass is 35.5. The van der Waals surface area contributed by atoms with E-state index < -0.39 is 17.3 Å². The standard InChI is InChI=1S/C24H25ClN6O5/c1-31(2)30-19-20(33)17(10-18(32)29-11-12-3-5-13(6-4-12)23(27)28)21(36-22(19)25)14-7-15(24(34)35)9-16(26)8-14/h3-9,30H,10-11,26H2,1-2H3,(H3,27,28)(H,29,32)(H,34,35). The molecule has 0 aliphatic heterocycles. The summed E-state index contributed by atoms with van der Waals surface area (Å²) in [4.78, 5) is 37.7. The van der Waals surface area contributed by atoms with Crippen molar-refractivity contribution < 1.29 is 19.1 Å². The summed E-state index contributed by atoms with van der Waals surface area (Å²) in [7, 11) is 3.29. The van der Waals surface area contributed by atoms with Crippen molar-refractivity contribution in [3.8, 4) is 11.3 Å². The van der Waals surface area contributed by atoms with Crippen LogP contribution in [0.25, 0.3) is 11.3 Å². The number of nitrogen functional groups attached to an aromatic ring is 2. The number of amidine groups is 1. The van der Waals surface area contributed by atoms with E-state index in [-0.39, 0.29) is 57.8 Å². The number of nitrogens with one attached hydrogen (secondary N) is 3. The van der Waals surface area contributed by atoms with Crippen molar-refractivity contribution in [3.05, 3.63) is 80.2 Å². The van der Waals surface area contributed by atoms with Crippen LogP contribution >= 0.6 is 11.6 Å². The predicted molar refractivity (Wildman–Crippen MR) is 137 cm³/mol. The van der Waals surface area contributed by atoms with Crippen molar-refractivity contribution in [2.24, 2.45) is 5.73 Å². The van der Waals surface area contributed by atoms with Crippen molar-refractivity contribution in [1.29, 1.82) is 5.41 Å². The molecule has 2 aromatic carbocycles. The maximum Gasteiger partial charge on any atom is 0.335 e. The highest BCUT2D eigenvalue weighted by Gasteiger charge is 2.23. The topological polar surface area (TPSA) is 188 Å². The second-order valence-corrected chi connectivity index (χ2v) is 8.45. The van der Waals surface area contributed by atoms with Gasteiger partial charge in [0.2, 0.25) is 16.6 Å². The van der Waals surface area contributed by atoms with Crippen LogP contribution < -0.4 is 27.6 Å². The van der Waals surface area contributed by atoms with E-state index in [9.17, 15) is 19.5 Å². The molecule has 3 rings (SSSR count). The monoisotopic (exact) mass is 512 g/mol. The fraction of sp³-hybridized carbons (Fsp3) is 0.167. The Bertz CT molecular complexity index is 1380. The Kier molecular flexibility index (Phi) is 7.97. The zero-order valence-electron chi connectivity index (χ0n) is 19.5. The average Bonchev–Trinajstić information content (AvgIpc) is 2.81. The van der Waals surface area contributed by atoms with Gasteiger partial charge in [-0.25, -0.2) is 9.80 Å². The van der Waals surface area contributed by atoms with Gasteiger partial charge in [-0.15, -0.1) is 0 Å². The molecule has 1 amide bonds. The molecule has 8 N–H and O–H groups in total. The summed E-state index contributed by atoms with van der Waals surface area (Å²) in [5.41, 5.74) is 14.9. The molecule has 12 heteroatoms. The second-order valence-electron chi connectivity index (χ2n) is 8.11. The molecular formula is C24H25ClN6O5. The van der Waals surface area contributed by atoms with Gasteiger partial charge in [-0.1, -0.05) is 24.3 Å². The van der Waals surface area contributed by atoms with Crippen LogP contribution in [-0.2, 0) is 17.8 Å². The van der Waals surface area contributed by atoms with Gasteiger partial charge in [0.1, 0.15) is 11.6 Å². The molecule has 0 fully saturated rings.